The van der Waals surface area contributed by atoms with Gasteiger partial charge in [0, 0.05) is 6.54 Å². The fourth-order valence-corrected chi connectivity index (χ4v) is 1.69. The number of carboxylic acid groups (broad SMARTS) is 1. The summed E-state index contributed by atoms with van der Waals surface area (Å²) in [4.78, 5) is 25.0. The maximum atomic E-state index is 11.5. The predicted octanol–water partition coefficient (Wildman–Crippen LogP) is 1.05. The molecule has 2 rings (SSSR count). The smallest absolute Gasteiger partial charge is 0.337 e. The van der Waals surface area contributed by atoms with Gasteiger partial charge in [-0.25, -0.2) is 9.59 Å². The molecule has 78 valence electrons. The topological polar surface area (TPSA) is 75.1 Å². The molecule has 1 aromatic carbocycles. The van der Waals surface area contributed by atoms with Crippen LogP contribution in [0.25, 0.3) is 11.0 Å². The number of aromatic nitrogens is 2. The highest BCUT2D eigenvalue weighted by atomic mass is 16.4. The van der Waals surface area contributed by atoms with Crippen LogP contribution in [0.15, 0.2) is 23.0 Å². The number of hydrogen-bond acceptors (Lipinski definition) is 2. The molecule has 0 spiro atoms. The van der Waals surface area contributed by atoms with Crippen LogP contribution in [0, 0.1) is 0 Å². The monoisotopic (exact) mass is 206 g/mol. The van der Waals surface area contributed by atoms with Crippen molar-refractivity contribution < 1.29 is 9.90 Å². The van der Waals surface area contributed by atoms with Gasteiger partial charge in [-0.15, -0.1) is 0 Å². The van der Waals surface area contributed by atoms with E-state index in [9.17, 15) is 9.59 Å². The van der Waals surface area contributed by atoms with Crippen LogP contribution in [0.2, 0.25) is 0 Å². The number of nitrogens with one attached hydrogen (secondary N) is 1. The van der Waals surface area contributed by atoms with Crippen molar-refractivity contribution in [1.82, 2.24) is 9.55 Å². The molecular weight excluding hydrogens is 196 g/mol. The van der Waals surface area contributed by atoms with Gasteiger partial charge in [-0.1, -0.05) is 6.07 Å². The van der Waals surface area contributed by atoms with Crippen LogP contribution in [-0.2, 0) is 6.54 Å². The minimum Gasteiger partial charge on any atom is -0.478 e. The molecule has 0 bridgehead atoms. The summed E-state index contributed by atoms with van der Waals surface area (Å²) in [5, 5.41) is 8.98. The molecule has 15 heavy (non-hydrogen) atoms. The van der Waals surface area contributed by atoms with Gasteiger partial charge >= 0.3 is 11.7 Å². The predicted molar refractivity (Wildman–Crippen MR) is 55.2 cm³/mol. The second-order valence-electron chi connectivity index (χ2n) is 3.18. The van der Waals surface area contributed by atoms with Crippen molar-refractivity contribution in [1.29, 1.82) is 0 Å². The quantitative estimate of drug-likeness (QED) is 0.771. The van der Waals surface area contributed by atoms with Crippen LogP contribution >= 0.6 is 0 Å². The number of benzene rings is 1. The number of carbonyl (C=O) groups is 1. The zero-order valence-electron chi connectivity index (χ0n) is 8.15. The zero-order chi connectivity index (χ0) is 11.0. The van der Waals surface area contributed by atoms with Gasteiger partial charge in [0.25, 0.3) is 0 Å². The molecule has 0 aliphatic carbocycles. The van der Waals surface area contributed by atoms with E-state index < -0.39 is 5.97 Å². The van der Waals surface area contributed by atoms with Crippen LogP contribution in [0.5, 0.6) is 0 Å². The maximum absolute atomic E-state index is 11.5. The second kappa shape index (κ2) is 3.27. The van der Waals surface area contributed by atoms with E-state index in [0.29, 0.717) is 17.6 Å². The van der Waals surface area contributed by atoms with Crippen molar-refractivity contribution in [2.45, 2.75) is 13.5 Å². The number of rotatable bonds is 2. The number of aromatic amines is 1. The molecule has 0 radical (unpaired) electrons. The Kier molecular flexibility index (Phi) is 2.07. The molecule has 1 aromatic heterocycles. The number of aromatic carboxylic acids is 1. The largest absolute Gasteiger partial charge is 0.478 e. The number of carboxylic acids is 1. The van der Waals surface area contributed by atoms with Crippen LogP contribution in [-0.4, -0.2) is 20.6 Å². The highest BCUT2D eigenvalue weighted by Crippen LogP contribution is 2.15. The Balaban J connectivity index is 2.94. The average molecular weight is 206 g/mol. The van der Waals surface area contributed by atoms with Crippen molar-refractivity contribution in [3.05, 3.63) is 34.2 Å². The Morgan fingerprint density at radius 3 is 2.87 bits per heavy atom. The van der Waals surface area contributed by atoms with E-state index in [0.717, 1.165) is 0 Å². The van der Waals surface area contributed by atoms with Crippen molar-refractivity contribution in [2.24, 2.45) is 0 Å². The first-order valence-electron chi connectivity index (χ1n) is 4.60. The Bertz CT molecular complexity index is 580. The molecule has 0 aliphatic heterocycles. The van der Waals surface area contributed by atoms with E-state index in [1.165, 1.54) is 10.6 Å². The molecule has 0 atom stereocenters. The number of H-pyrrole nitrogens is 1. The number of para-hydroxylation sites is 1. The number of fused-ring (bicyclic) bond motifs is 1. The summed E-state index contributed by atoms with van der Waals surface area (Å²) >= 11 is 0. The number of aryl methyl sites for hydroxylation is 1. The highest BCUT2D eigenvalue weighted by Gasteiger charge is 2.13. The summed E-state index contributed by atoms with van der Waals surface area (Å²) in [6.45, 7) is 2.25. The molecule has 1 heterocycles. The van der Waals surface area contributed by atoms with Crippen molar-refractivity contribution in [3.63, 3.8) is 0 Å². The van der Waals surface area contributed by atoms with Gasteiger partial charge in [0.05, 0.1) is 16.6 Å². The van der Waals surface area contributed by atoms with Gasteiger partial charge in [-0.05, 0) is 19.1 Å². The molecule has 5 nitrogen and oxygen atoms in total. The third kappa shape index (κ3) is 1.32. The van der Waals surface area contributed by atoms with Gasteiger partial charge in [0.2, 0.25) is 0 Å². The highest BCUT2D eigenvalue weighted by molar-refractivity contribution is 6.01. The summed E-state index contributed by atoms with van der Waals surface area (Å²) in [6.07, 6.45) is 0. The van der Waals surface area contributed by atoms with Crippen molar-refractivity contribution >= 4 is 17.0 Å². The average Bonchev–Trinajstić information content (AvgIpc) is 2.52. The standard InChI is InChI=1S/C10H10N2O3/c1-2-12-8-6(9(13)14)4-3-5-7(8)11-10(12)15/h3-5H,2H2,1H3,(H,11,15)(H,13,14). The first-order valence-corrected chi connectivity index (χ1v) is 4.60. The molecule has 0 unspecified atom stereocenters. The van der Waals surface area contributed by atoms with Gasteiger partial charge in [0.15, 0.2) is 0 Å². The second-order valence-corrected chi connectivity index (χ2v) is 3.18. The zero-order valence-corrected chi connectivity index (χ0v) is 8.15. The first-order chi connectivity index (χ1) is 7.15. The van der Waals surface area contributed by atoms with Crippen LogP contribution in [0.3, 0.4) is 0 Å². The molecule has 0 saturated heterocycles. The summed E-state index contributed by atoms with van der Waals surface area (Å²) < 4.78 is 1.42. The van der Waals surface area contributed by atoms with Crippen LogP contribution in [0.1, 0.15) is 17.3 Å². The van der Waals surface area contributed by atoms with Crippen molar-refractivity contribution in [2.75, 3.05) is 0 Å². The third-order valence-corrected chi connectivity index (χ3v) is 2.34. The van der Waals surface area contributed by atoms with Crippen LogP contribution in [0.4, 0.5) is 0 Å². The van der Waals surface area contributed by atoms with E-state index in [-0.39, 0.29) is 11.3 Å². The molecule has 2 aromatic rings. The number of imidazole rings is 1. The summed E-state index contributed by atoms with van der Waals surface area (Å²) in [5.74, 6) is -1.03. The third-order valence-electron chi connectivity index (χ3n) is 2.34. The van der Waals surface area contributed by atoms with Gasteiger partial charge in [-0.3, -0.25) is 4.57 Å². The summed E-state index contributed by atoms with van der Waals surface area (Å²) in [6, 6.07) is 4.79. The maximum Gasteiger partial charge on any atom is 0.337 e. The number of hydrogen-bond donors (Lipinski definition) is 2. The summed E-state index contributed by atoms with van der Waals surface area (Å²) in [5.41, 5.74) is 0.883. The van der Waals surface area contributed by atoms with Gasteiger partial charge < -0.3 is 10.1 Å². The van der Waals surface area contributed by atoms with Gasteiger partial charge in [-0.2, -0.15) is 0 Å². The lowest BCUT2D eigenvalue weighted by Gasteiger charge is -2.01. The first kappa shape index (κ1) is 9.51. The SMILES string of the molecule is CCn1c(=O)[nH]c2cccc(C(=O)O)c21. The Morgan fingerprint density at radius 2 is 2.27 bits per heavy atom. The van der Waals surface area contributed by atoms with E-state index in [1.54, 1.807) is 19.1 Å². The number of nitrogens with zero attached hydrogens (tertiary/aromatic N) is 1. The minimum absolute atomic E-state index is 0.146. The molecule has 5 heteroatoms. The van der Waals surface area contributed by atoms with E-state index in [4.69, 9.17) is 5.11 Å². The molecule has 0 amide bonds. The lowest BCUT2D eigenvalue weighted by atomic mass is 10.2. The van der Waals surface area contributed by atoms with Gasteiger partial charge in [0.1, 0.15) is 0 Å². The molecule has 0 saturated carbocycles. The van der Waals surface area contributed by atoms with Crippen LogP contribution < -0.4 is 5.69 Å². The lowest BCUT2D eigenvalue weighted by Crippen LogP contribution is -2.16. The Morgan fingerprint density at radius 1 is 1.53 bits per heavy atom. The lowest BCUT2D eigenvalue weighted by molar-refractivity contribution is 0.0698. The minimum atomic E-state index is -1.03. The summed E-state index contributed by atoms with van der Waals surface area (Å²) in [7, 11) is 0. The Hall–Kier alpha value is -2.04. The van der Waals surface area contributed by atoms with E-state index >= 15 is 0 Å². The molecule has 0 aliphatic rings. The van der Waals surface area contributed by atoms with E-state index in [1.807, 2.05) is 0 Å². The Labute approximate surface area is 85.0 Å². The molecular formula is C10H10N2O3. The van der Waals surface area contributed by atoms with Crippen molar-refractivity contribution in [3.8, 4) is 0 Å². The fourth-order valence-electron chi connectivity index (χ4n) is 1.69. The van der Waals surface area contributed by atoms with E-state index in [2.05, 4.69) is 4.98 Å². The molecule has 2 N–H and O–H groups in total. The fraction of sp³-hybridized carbons (Fsp3) is 0.200. The molecule has 0 fully saturated rings. The normalized spacial score (nSPS) is 10.7.